The largest absolute Gasteiger partial charge is 0.508 e. The van der Waals surface area contributed by atoms with Gasteiger partial charge < -0.3 is 32.2 Å². The number of nitrogens with two attached hydrogens (primary N) is 2. The molecule has 36 heavy (non-hydrogen) atoms. The standard InChI is InChI=1S/C24H31N7O5/c1-15(30-24(36)19(28-14-29-26)11-17-7-9-18(32)10-8-17)22(34)31-20(23(35)27-13-21(25)33)12-16-5-3-2-4-6-16/h2-10,14-15,19-20,32H,11-13,26H2,1H3,(H2,25,33)(H,27,35)(H,28,29)(H,30,36)(H,31,34)/t15-,19+,20+/m1/s1. The Morgan fingerprint density at radius 2 is 1.56 bits per heavy atom. The van der Waals surface area contributed by atoms with E-state index >= 15 is 0 Å². The molecule has 4 amide bonds. The number of benzene rings is 2. The molecule has 0 radical (unpaired) electrons. The maximum absolute atomic E-state index is 12.9. The van der Waals surface area contributed by atoms with E-state index in [-0.39, 0.29) is 25.1 Å². The molecule has 0 heterocycles. The first-order chi connectivity index (χ1) is 17.2. The molecule has 0 bridgehead atoms. The Balaban J connectivity index is 2.07. The molecule has 0 aliphatic rings. The number of aromatic hydroxyl groups is 1. The van der Waals surface area contributed by atoms with Crippen LogP contribution in [-0.4, -0.2) is 59.7 Å². The van der Waals surface area contributed by atoms with Crippen LogP contribution in [0.3, 0.4) is 0 Å². The summed E-state index contributed by atoms with van der Waals surface area (Å²) >= 11 is 0. The molecule has 0 saturated carbocycles. The zero-order valence-electron chi connectivity index (χ0n) is 19.8. The fourth-order valence-electron chi connectivity index (χ4n) is 3.23. The minimum atomic E-state index is -1.01. The monoisotopic (exact) mass is 497 g/mol. The Hall–Kier alpha value is -4.45. The molecule has 3 atom stereocenters. The predicted molar refractivity (Wildman–Crippen MR) is 133 cm³/mol. The smallest absolute Gasteiger partial charge is 0.245 e. The Morgan fingerprint density at radius 3 is 2.17 bits per heavy atom. The second kappa shape index (κ2) is 14.1. The van der Waals surface area contributed by atoms with Crippen LogP contribution < -0.4 is 33.0 Å². The molecule has 0 spiro atoms. The maximum atomic E-state index is 12.9. The van der Waals surface area contributed by atoms with Crippen LogP contribution in [0, 0.1) is 0 Å². The zero-order chi connectivity index (χ0) is 26.5. The van der Waals surface area contributed by atoms with E-state index in [2.05, 4.69) is 26.4 Å². The van der Waals surface area contributed by atoms with Crippen molar-refractivity contribution < 1.29 is 24.3 Å². The van der Waals surface area contributed by atoms with Crippen LogP contribution in [0.1, 0.15) is 18.1 Å². The molecular weight excluding hydrogens is 466 g/mol. The fraction of sp³-hybridized carbons (Fsp3) is 0.292. The van der Waals surface area contributed by atoms with E-state index < -0.39 is 41.8 Å². The zero-order valence-corrected chi connectivity index (χ0v) is 19.8. The number of phenols is 1. The van der Waals surface area contributed by atoms with Crippen LogP contribution in [-0.2, 0) is 32.0 Å². The highest BCUT2D eigenvalue weighted by atomic mass is 16.3. The molecule has 2 aromatic rings. The van der Waals surface area contributed by atoms with E-state index in [1.807, 2.05) is 6.07 Å². The third-order valence-electron chi connectivity index (χ3n) is 5.10. The van der Waals surface area contributed by atoms with Crippen LogP contribution in [0.15, 0.2) is 59.6 Å². The number of amides is 4. The van der Waals surface area contributed by atoms with Gasteiger partial charge in [0.05, 0.1) is 12.9 Å². The number of aliphatic imine (C=N–C) groups is 1. The maximum Gasteiger partial charge on any atom is 0.245 e. The highest BCUT2D eigenvalue weighted by molar-refractivity contribution is 5.94. The van der Waals surface area contributed by atoms with Crippen LogP contribution >= 0.6 is 0 Å². The van der Waals surface area contributed by atoms with Crippen molar-refractivity contribution in [2.24, 2.45) is 16.6 Å². The average molecular weight is 498 g/mol. The number of carbonyl (C=O) groups is 4. The van der Waals surface area contributed by atoms with Crippen molar-refractivity contribution >= 4 is 30.0 Å². The van der Waals surface area contributed by atoms with Gasteiger partial charge in [-0.2, -0.15) is 0 Å². The van der Waals surface area contributed by atoms with Crippen molar-refractivity contribution in [3.8, 4) is 5.75 Å². The predicted octanol–water partition coefficient (Wildman–Crippen LogP) is -1.37. The van der Waals surface area contributed by atoms with Crippen molar-refractivity contribution in [3.05, 3.63) is 65.7 Å². The van der Waals surface area contributed by atoms with Crippen LogP contribution in [0.2, 0.25) is 0 Å². The molecule has 12 nitrogen and oxygen atoms in total. The summed E-state index contributed by atoms with van der Waals surface area (Å²) in [5.74, 6) is 2.85. The van der Waals surface area contributed by atoms with Crippen LogP contribution in [0.25, 0.3) is 0 Å². The van der Waals surface area contributed by atoms with Crippen molar-refractivity contribution in [2.75, 3.05) is 6.54 Å². The summed E-state index contributed by atoms with van der Waals surface area (Å²) in [6.45, 7) is 1.09. The normalized spacial score (nSPS) is 13.3. The number of hydrazine groups is 1. The van der Waals surface area contributed by atoms with E-state index in [4.69, 9.17) is 11.6 Å². The van der Waals surface area contributed by atoms with E-state index in [1.54, 1.807) is 36.4 Å². The van der Waals surface area contributed by atoms with Gasteiger partial charge in [-0.1, -0.05) is 42.5 Å². The lowest BCUT2D eigenvalue weighted by molar-refractivity contribution is -0.132. The number of phenolic OH excluding ortho intramolecular Hbond substituents is 1. The first kappa shape index (κ1) is 27.8. The van der Waals surface area contributed by atoms with Gasteiger partial charge in [-0.15, -0.1) is 0 Å². The molecule has 0 aliphatic carbocycles. The van der Waals surface area contributed by atoms with Crippen molar-refractivity contribution in [1.82, 2.24) is 21.4 Å². The molecule has 0 aromatic heterocycles. The van der Waals surface area contributed by atoms with E-state index in [0.717, 1.165) is 17.5 Å². The Kier molecular flexibility index (Phi) is 10.9. The molecule has 2 aromatic carbocycles. The first-order valence-corrected chi connectivity index (χ1v) is 11.2. The number of hydrogen-bond donors (Lipinski definition) is 7. The van der Waals surface area contributed by atoms with Gasteiger partial charge in [-0.05, 0) is 30.2 Å². The summed E-state index contributed by atoms with van der Waals surface area (Å²) in [4.78, 5) is 53.5. The molecule has 192 valence electrons. The Morgan fingerprint density at radius 1 is 0.917 bits per heavy atom. The van der Waals surface area contributed by atoms with Crippen molar-refractivity contribution in [3.63, 3.8) is 0 Å². The number of primary amides is 1. The lowest BCUT2D eigenvalue weighted by Crippen LogP contribution is -2.55. The van der Waals surface area contributed by atoms with Gasteiger partial charge in [-0.25, -0.2) is 5.84 Å². The molecule has 0 fully saturated rings. The Labute approximate surface area is 208 Å². The Bertz CT molecular complexity index is 1060. The summed E-state index contributed by atoms with van der Waals surface area (Å²) in [6, 6.07) is 12.3. The summed E-state index contributed by atoms with van der Waals surface area (Å²) < 4.78 is 0. The van der Waals surface area contributed by atoms with Gasteiger partial charge in [0.2, 0.25) is 23.6 Å². The van der Waals surface area contributed by atoms with E-state index in [9.17, 15) is 24.3 Å². The van der Waals surface area contributed by atoms with Crippen LogP contribution in [0.4, 0.5) is 0 Å². The molecule has 2 rings (SSSR count). The molecule has 0 aliphatic heterocycles. The minimum Gasteiger partial charge on any atom is -0.508 e. The summed E-state index contributed by atoms with van der Waals surface area (Å²) in [6.07, 6.45) is 1.51. The summed E-state index contributed by atoms with van der Waals surface area (Å²) in [5.41, 5.74) is 8.85. The molecule has 0 saturated heterocycles. The minimum absolute atomic E-state index is 0.0853. The van der Waals surface area contributed by atoms with Crippen molar-refractivity contribution in [1.29, 1.82) is 0 Å². The average Bonchev–Trinajstić information content (AvgIpc) is 2.86. The fourth-order valence-corrected chi connectivity index (χ4v) is 3.23. The third-order valence-corrected chi connectivity index (χ3v) is 5.10. The molecule has 9 N–H and O–H groups in total. The molecular formula is C24H31N7O5. The van der Waals surface area contributed by atoms with Crippen LogP contribution in [0.5, 0.6) is 5.75 Å². The summed E-state index contributed by atoms with van der Waals surface area (Å²) in [7, 11) is 0. The highest BCUT2D eigenvalue weighted by Crippen LogP contribution is 2.13. The highest BCUT2D eigenvalue weighted by Gasteiger charge is 2.27. The quantitative estimate of drug-likeness (QED) is 0.0765. The second-order valence-electron chi connectivity index (χ2n) is 8.00. The number of rotatable bonds is 13. The second-order valence-corrected chi connectivity index (χ2v) is 8.00. The van der Waals surface area contributed by atoms with Crippen molar-refractivity contribution in [2.45, 2.75) is 37.9 Å². The molecule has 0 unspecified atom stereocenters. The topological polar surface area (TPSA) is 201 Å². The van der Waals surface area contributed by atoms with Gasteiger partial charge in [0, 0.05) is 12.8 Å². The molecule has 12 heteroatoms. The van der Waals surface area contributed by atoms with Gasteiger partial charge in [-0.3, -0.25) is 24.2 Å². The SMILES string of the molecule is C[C@@H](NC(=O)[C@H](Cc1ccc(O)cc1)N=CNN)C(=O)N[C@@H](Cc1ccccc1)C(=O)NCC(N)=O. The third kappa shape index (κ3) is 9.43. The van der Waals surface area contributed by atoms with Gasteiger partial charge in [0.15, 0.2) is 0 Å². The van der Waals surface area contributed by atoms with Gasteiger partial charge in [0.25, 0.3) is 0 Å². The number of nitrogens with one attached hydrogen (secondary N) is 4. The van der Waals surface area contributed by atoms with E-state index in [1.165, 1.54) is 19.1 Å². The van der Waals surface area contributed by atoms with Gasteiger partial charge >= 0.3 is 0 Å². The summed E-state index contributed by atoms with van der Waals surface area (Å²) in [5, 5.41) is 17.0. The van der Waals surface area contributed by atoms with Gasteiger partial charge in [0.1, 0.15) is 23.9 Å². The van der Waals surface area contributed by atoms with E-state index in [0.29, 0.717) is 0 Å². The first-order valence-electron chi connectivity index (χ1n) is 11.2. The number of hydrogen-bond acceptors (Lipinski definition) is 7. The lowest BCUT2D eigenvalue weighted by atomic mass is 10.0. The number of nitrogens with zero attached hydrogens (tertiary/aromatic N) is 1. The lowest BCUT2D eigenvalue weighted by Gasteiger charge is -2.22. The number of carbonyl (C=O) groups excluding carboxylic acids is 4.